The number of hydrogen-bond donors (Lipinski definition) is 1. The van der Waals surface area contributed by atoms with Crippen molar-refractivity contribution in [3.05, 3.63) is 108 Å². The quantitative estimate of drug-likeness (QED) is 0.229. The molecule has 1 heterocycles. The Morgan fingerprint density at radius 2 is 1.12 bits per heavy atom. The van der Waals surface area contributed by atoms with Crippen LogP contribution in [-0.2, 0) is 33.2 Å². The molecule has 1 aliphatic rings. The van der Waals surface area contributed by atoms with Crippen LogP contribution < -0.4 is 0 Å². The maximum atomic E-state index is 13.0. The first-order chi connectivity index (χ1) is 19.1. The summed E-state index contributed by atoms with van der Waals surface area (Å²) in [7, 11) is -4.24. The molecule has 0 unspecified atom stereocenters. The zero-order valence-electron chi connectivity index (χ0n) is 21.2. The molecule has 1 N–H and O–H groups in total. The zero-order valence-corrected chi connectivity index (χ0v) is 22.0. The van der Waals surface area contributed by atoms with Crippen molar-refractivity contribution in [1.82, 2.24) is 0 Å². The van der Waals surface area contributed by atoms with Gasteiger partial charge >= 0.3 is 17.9 Å². The zero-order chi connectivity index (χ0) is 28.7. The minimum absolute atomic E-state index is 0.0989. The van der Waals surface area contributed by atoms with Gasteiger partial charge in [0.1, 0.15) is 18.8 Å². The van der Waals surface area contributed by atoms with E-state index in [1.807, 2.05) is 0 Å². The summed E-state index contributed by atoms with van der Waals surface area (Å²) >= 11 is 0. The van der Waals surface area contributed by atoms with Crippen LogP contribution in [0.25, 0.3) is 0 Å². The van der Waals surface area contributed by atoms with Crippen molar-refractivity contribution in [3.8, 4) is 0 Å². The number of aliphatic hydroxyl groups is 1. The lowest BCUT2D eigenvalue weighted by atomic mass is 9.98. The number of benzene rings is 3. The summed E-state index contributed by atoms with van der Waals surface area (Å²) in [4.78, 5) is 38.4. The summed E-state index contributed by atoms with van der Waals surface area (Å²) in [5.41, 5.74) is 0.422. The lowest BCUT2D eigenvalue weighted by molar-refractivity contribution is -0.279. The van der Waals surface area contributed by atoms with E-state index in [2.05, 4.69) is 0 Å². The normalized spacial score (nSPS) is 22.6. The molecule has 1 aliphatic heterocycles. The van der Waals surface area contributed by atoms with Crippen LogP contribution in [0.15, 0.2) is 91.0 Å². The van der Waals surface area contributed by atoms with Gasteiger partial charge in [-0.2, -0.15) is 8.42 Å². The summed E-state index contributed by atoms with van der Waals surface area (Å²) in [6.07, 6.45) is -7.69. The molecule has 5 atom stereocenters. The van der Waals surface area contributed by atoms with Crippen molar-refractivity contribution in [3.63, 3.8) is 0 Å². The number of rotatable bonds is 9. The van der Waals surface area contributed by atoms with Crippen LogP contribution in [0, 0.1) is 0 Å². The Bertz CT molecular complexity index is 1410. The third-order valence-corrected chi connectivity index (χ3v) is 6.36. The molecule has 0 aliphatic carbocycles. The Balaban J connectivity index is 1.65. The van der Waals surface area contributed by atoms with Gasteiger partial charge in [-0.25, -0.2) is 14.4 Å². The SMILES string of the molecule is CS(=O)(=O)O[C@H]1[C@H](OC(=O)c2ccccc2)[C@H](OC(=O)c2ccccc2)[C@@H](O)O[C@@H]1COC(=O)c1ccccc1. The predicted molar refractivity (Wildman–Crippen MR) is 139 cm³/mol. The molecular weight excluding hydrogens is 544 g/mol. The van der Waals surface area contributed by atoms with Crippen LogP contribution in [-0.4, -0.2) is 75.0 Å². The second kappa shape index (κ2) is 12.8. The first-order valence-electron chi connectivity index (χ1n) is 12.1. The van der Waals surface area contributed by atoms with Gasteiger partial charge in [-0.15, -0.1) is 0 Å². The molecule has 12 heteroatoms. The third-order valence-electron chi connectivity index (χ3n) is 5.79. The molecule has 0 aromatic heterocycles. The average molecular weight is 571 g/mol. The molecule has 0 amide bonds. The van der Waals surface area contributed by atoms with Gasteiger partial charge in [-0.05, 0) is 36.4 Å². The Hall–Kier alpha value is -4.10. The molecule has 0 spiro atoms. The Labute approximate surface area is 230 Å². The molecule has 210 valence electrons. The van der Waals surface area contributed by atoms with Crippen LogP contribution in [0.4, 0.5) is 0 Å². The van der Waals surface area contributed by atoms with Crippen molar-refractivity contribution in [2.24, 2.45) is 0 Å². The first kappa shape index (κ1) is 28.9. The fourth-order valence-electron chi connectivity index (χ4n) is 3.95. The van der Waals surface area contributed by atoms with Gasteiger partial charge < -0.3 is 24.1 Å². The smallest absolute Gasteiger partial charge is 0.338 e. The van der Waals surface area contributed by atoms with Gasteiger partial charge in [-0.3, -0.25) is 4.18 Å². The molecule has 1 fully saturated rings. The minimum Gasteiger partial charge on any atom is -0.459 e. The van der Waals surface area contributed by atoms with Crippen molar-refractivity contribution in [1.29, 1.82) is 0 Å². The van der Waals surface area contributed by atoms with E-state index < -0.39 is 65.3 Å². The largest absolute Gasteiger partial charge is 0.459 e. The average Bonchev–Trinajstić information content (AvgIpc) is 2.95. The predicted octanol–water partition coefficient (Wildman–Crippen LogP) is 2.36. The highest BCUT2D eigenvalue weighted by Crippen LogP contribution is 2.30. The Morgan fingerprint density at radius 3 is 1.57 bits per heavy atom. The number of aliphatic hydroxyl groups excluding tert-OH is 1. The van der Waals surface area contributed by atoms with Crippen LogP contribution in [0.3, 0.4) is 0 Å². The van der Waals surface area contributed by atoms with E-state index in [0.717, 1.165) is 6.26 Å². The second-order valence-corrected chi connectivity index (χ2v) is 10.4. The van der Waals surface area contributed by atoms with E-state index in [0.29, 0.717) is 0 Å². The number of hydrogen-bond acceptors (Lipinski definition) is 11. The van der Waals surface area contributed by atoms with Gasteiger partial charge in [0.2, 0.25) is 0 Å². The molecule has 3 aromatic carbocycles. The monoisotopic (exact) mass is 570 g/mol. The molecule has 0 radical (unpaired) electrons. The standard InChI is InChI=1S/C28H26O11S/c1-40(33,34)39-22-21(17-35-25(29)18-11-5-2-6-12-18)36-28(32)24(38-27(31)20-15-9-4-10-16-20)23(22)37-26(30)19-13-7-3-8-14-19/h2-16,21-24,28,32H,17H2,1H3/t21-,22-,23+,24+,28+/m1/s1. The van der Waals surface area contributed by atoms with Crippen LogP contribution in [0.5, 0.6) is 0 Å². The van der Waals surface area contributed by atoms with Crippen LogP contribution >= 0.6 is 0 Å². The van der Waals surface area contributed by atoms with Crippen LogP contribution in [0.1, 0.15) is 31.1 Å². The summed E-state index contributed by atoms with van der Waals surface area (Å²) in [5, 5.41) is 10.9. The number of carbonyl (C=O) groups excluding carboxylic acids is 3. The van der Waals surface area contributed by atoms with Gasteiger partial charge in [0, 0.05) is 0 Å². The van der Waals surface area contributed by atoms with E-state index in [1.165, 1.54) is 36.4 Å². The van der Waals surface area contributed by atoms with E-state index in [9.17, 15) is 27.9 Å². The molecule has 4 rings (SSSR count). The van der Waals surface area contributed by atoms with Gasteiger partial charge in [0.05, 0.1) is 22.9 Å². The third kappa shape index (κ3) is 7.51. The Kier molecular flexibility index (Phi) is 9.27. The molecule has 11 nitrogen and oxygen atoms in total. The molecule has 1 saturated heterocycles. The highest BCUT2D eigenvalue weighted by atomic mass is 32.2. The van der Waals surface area contributed by atoms with Crippen molar-refractivity contribution >= 4 is 28.0 Å². The summed E-state index contributed by atoms with van der Waals surface area (Å²) in [6.45, 7) is -0.594. The van der Waals surface area contributed by atoms with E-state index in [-0.39, 0.29) is 16.7 Å². The van der Waals surface area contributed by atoms with E-state index in [1.54, 1.807) is 54.6 Å². The van der Waals surface area contributed by atoms with Gasteiger partial charge in [0.15, 0.2) is 18.5 Å². The number of ether oxygens (including phenoxy) is 4. The molecule has 3 aromatic rings. The lowest BCUT2D eigenvalue weighted by Crippen LogP contribution is -2.62. The topological polar surface area (TPSA) is 152 Å². The maximum Gasteiger partial charge on any atom is 0.338 e. The summed E-state index contributed by atoms with van der Waals surface area (Å²) < 4.78 is 51.6. The highest BCUT2D eigenvalue weighted by molar-refractivity contribution is 7.86. The van der Waals surface area contributed by atoms with E-state index in [4.69, 9.17) is 23.1 Å². The van der Waals surface area contributed by atoms with Gasteiger partial charge in [0.25, 0.3) is 10.1 Å². The van der Waals surface area contributed by atoms with Crippen LogP contribution in [0.2, 0.25) is 0 Å². The summed E-state index contributed by atoms with van der Waals surface area (Å²) in [6, 6.07) is 23.5. The maximum absolute atomic E-state index is 13.0. The first-order valence-corrected chi connectivity index (χ1v) is 13.9. The number of carbonyl (C=O) groups is 3. The van der Waals surface area contributed by atoms with Crippen molar-refractivity contribution < 1.29 is 51.0 Å². The molecule has 40 heavy (non-hydrogen) atoms. The summed E-state index contributed by atoms with van der Waals surface area (Å²) in [5.74, 6) is -2.57. The molecule has 0 bridgehead atoms. The van der Waals surface area contributed by atoms with E-state index >= 15 is 0 Å². The van der Waals surface area contributed by atoms with Crippen molar-refractivity contribution in [2.45, 2.75) is 30.7 Å². The minimum atomic E-state index is -4.24. The molecule has 0 saturated carbocycles. The van der Waals surface area contributed by atoms with Crippen molar-refractivity contribution in [2.75, 3.05) is 12.9 Å². The fourth-order valence-corrected chi connectivity index (χ4v) is 4.59. The second-order valence-electron chi connectivity index (χ2n) is 8.77. The Morgan fingerprint density at radius 1 is 0.700 bits per heavy atom. The van der Waals surface area contributed by atoms with Gasteiger partial charge in [-0.1, -0.05) is 54.6 Å². The fraction of sp³-hybridized carbons (Fsp3) is 0.250. The molecular formula is C28H26O11S. The lowest BCUT2D eigenvalue weighted by Gasteiger charge is -2.42. The highest BCUT2D eigenvalue weighted by Gasteiger charge is 2.52. The number of esters is 3.